The summed E-state index contributed by atoms with van der Waals surface area (Å²) in [5.41, 5.74) is 2.14. The summed E-state index contributed by atoms with van der Waals surface area (Å²) in [6, 6.07) is 6.00. The van der Waals surface area contributed by atoms with Crippen molar-refractivity contribution in [1.82, 2.24) is 10.6 Å². The van der Waals surface area contributed by atoms with Crippen molar-refractivity contribution in [3.8, 4) is 0 Å². The van der Waals surface area contributed by atoms with Crippen LogP contribution in [0.1, 0.15) is 48.9 Å². The number of hydrogen-bond acceptors (Lipinski definition) is 3. The van der Waals surface area contributed by atoms with Crippen LogP contribution in [0.3, 0.4) is 0 Å². The second-order valence-electron chi connectivity index (χ2n) is 10.8. The molecule has 1 aromatic rings. The smallest absolute Gasteiger partial charge is 0.252 e. The third-order valence-corrected chi connectivity index (χ3v) is 9.07. The first-order valence-electron chi connectivity index (χ1n) is 11.6. The van der Waals surface area contributed by atoms with Gasteiger partial charge in [-0.2, -0.15) is 0 Å². The largest absolute Gasteiger partial charge is 0.371 e. The average Bonchev–Trinajstić information content (AvgIpc) is 3.28. The van der Waals surface area contributed by atoms with E-state index in [1.165, 1.54) is 38.5 Å². The molecule has 1 aromatic carbocycles. The number of amides is 1. The van der Waals surface area contributed by atoms with E-state index in [0.29, 0.717) is 16.0 Å². The van der Waals surface area contributed by atoms with Gasteiger partial charge in [0.15, 0.2) is 0 Å². The molecule has 4 bridgehead atoms. The molecule has 4 saturated carbocycles. The Morgan fingerprint density at radius 1 is 1.07 bits per heavy atom. The number of nitrogens with zero attached hydrogens (tertiary/aromatic N) is 1. The molecule has 0 aromatic heterocycles. The van der Waals surface area contributed by atoms with E-state index in [4.69, 9.17) is 11.6 Å². The van der Waals surface area contributed by atoms with Crippen molar-refractivity contribution in [3.05, 3.63) is 28.8 Å². The summed E-state index contributed by atoms with van der Waals surface area (Å²) in [4.78, 5) is 15.5. The van der Waals surface area contributed by atoms with Gasteiger partial charge in [0.25, 0.3) is 5.91 Å². The third kappa shape index (κ3) is 3.27. The van der Waals surface area contributed by atoms with Gasteiger partial charge in [-0.05, 0) is 91.7 Å². The molecule has 4 aliphatic carbocycles. The maximum atomic E-state index is 13.1. The molecule has 2 atom stereocenters. The highest BCUT2D eigenvalue weighted by atomic mass is 35.5. The van der Waals surface area contributed by atoms with Crippen LogP contribution in [0, 0.1) is 35.0 Å². The van der Waals surface area contributed by atoms with Crippen LogP contribution in [-0.2, 0) is 0 Å². The number of rotatable bonds is 4. The van der Waals surface area contributed by atoms with E-state index < -0.39 is 0 Å². The van der Waals surface area contributed by atoms with E-state index in [9.17, 15) is 4.79 Å². The first-order chi connectivity index (χ1) is 14.1. The molecule has 2 heterocycles. The van der Waals surface area contributed by atoms with Gasteiger partial charge < -0.3 is 15.5 Å². The molecular formula is C24H32ClN3O. The Hall–Kier alpha value is -1.26. The van der Waals surface area contributed by atoms with E-state index in [1.54, 1.807) is 0 Å². The molecule has 4 nitrogen and oxygen atoms in total. The van der Waals surface area contributed by atoms with Gasteiger partial charge in [-0.1, -0.05) is 11.6 Å². The molecule has 6 fully saturated rings. The van der Waals surface area contributed by atoms with Crippen molar-refractivity contribution >= 4 is 23.2 Å². The Labute approximate surface area is 178 Å². The van der Waals surface area contributed by atoms with Gasteiger partial charge in [-0.25, -0.2) is 0 Å². The monoisotopic (exact) mass is 413 g/mol. The molecule has 1 unspecified atom stereocenters. The second kappa shape index (κ2) is 6.88. The number of carbonyl (C=O) groups excluding carboxylic acids is 1. The van der Waals surface area contributed by atoms with Crippen molar-refractivity contribution in [2.45, 2.75) is 38.5 Å². The molecule has 0 spiro atoms. The summed E-state index contributed by atoms with van der Waals surface area (Å²) in [5, 5.41) is 7.36. The predicted molar refractivity (Wildman–Crippen MR) is 116 cm³/mol. The highest BCUT2D eigenvalue weighted by molar-refractivity contribution is 6.34. The van der Waals surface area contributed by atoms with Crippen LogP contribution < -0.4 is 15.5 Å². The molecule has 2 aliphatic heterocycles. The third-order valence-electron chi connectivity index (χ3n) is 8.74. The van der Waals surface area contributed by atoms with Crippen molar-refractivity contribution in [2.24, 2.45) is 35.0 Å². The van der Waals surface area contributed by atoms with Crippen molar-refractivity contribution in [3.63, 3.8) is 0 Å². The molecule has 5 heteroatoms. The fourth-order valence-corrected chi connectivity index (χ4v) is 8.02. The Kier molecular flexibility index (Phi) is 4.39. The van der Waals surface area contributed by atoms with Gasteiger partial charge in [0.2, 0.25) is 0 Å². The molecule has 2 saturated heterocycles. The molecule has 2 N–H and O–H groups in total. The van der Waals surface area contributed by atoms with Crippen LogP contribution in [-0.4, -0.2) is 38.6 Å². The zero-order valence-corrected chi connectivity index (χ0v) is 17.9. The van der Waals surface area contributed by atoms with E-state index in [0.717, 1.165) is 68.0 Å². The molecule has 0 radical (unpaired) electrons. The van der Waals surface area contributed by atoms with E-state index in [1.807, 2.05) is 12.1 Å². The lowest BCUT2D eigenvalue weighted by Crippen LogP contribution is -2.51. The van der Waals surface area contributed by atoms with Crippen molar-refractivity contribution < 1.29 is 4.79 Å². The number of anilines is 1. The Balaban J connectivity index is 1.15. The highest BCUT2D eigenvalue weighted by Gasteiger charge is 2.50. The fraction of sp³-hybridized carbons (Fsp3) is 0.708. The van der Waals surface area contributed by atoms with Gasteiger partial charge in [0.1, 0.15) is 0 Å². The summed E-state index contributed by atoms with van der Waals surface area (Å²) in [6.07, 6.45) is 8.27. The zero-order valence-electron chi connectivity index (χ0n) is 17.1. The zero-order chi connectivity index (χ0) is 19.6. The Morgan fingerprint density at radius 3 is 2.31 bits per heavy atom. The number of halogens is 1. The van der Waals surface area contributed by atoms with Gasteiger partial charge in [-0.3, -0.25) is 4.79 Å². The van der Waals surface area contributed by atoms with Gasteiger partial charge in [0, 0.05) is 38.4 Å². The molecule has 29 heavy (non-hydrogen) atoms. The Bertz CT molecular complexity index is 777. The lowest BCUT2D eigenvalue weighted by Gasteiger charge is -2.56. The molecule has 6 aliphatic rings. The maximum absolute atomic E-state index is 13.1. The van der Waals surface area contributed by atoms with Gasteiger partial charge in [0.05, 0.1) is 10.6 Å². The van der Waals surface area contributed by atoms with Crippen molar-refractivity contribution in [1.29, 1.82) is 0 Å². The Morgan fingerprint density at radius 2 is 1.69 bits per heavy atom. The van der Waals surface area contributed by atoms with Crippen LogP contribution in [0.4, 0.5) is 5.69 Å². The van der Waals surface area contributed by atoms with E-state index in [-0.39, 0.29) is 5.91 Å². The van der Waals surface area contributed by atoms with Crippen molar-refractivity contribution in [2.75, 3.05) is 37.6 Å². The molecule has 1 amide bonds. The number of fused-ring (bicyclic) bond motifs is 1. The van der Waals surface area contributed by atoms with E-state index in [2.05, 4.69) is 21.6 Å². The van der Waals surface area contributed by atoms with E-state index >= 15 is 0 Å². The summed E-state index contributed by atoms with van der Waals surface area (Å²) < 4.78 is 0. The maximum Gasteiger partial charge on any atom is 0.252 e. The highest BCUT2D eigenvalue weighted by Crippen LogP contribution is 2.59. The minimum Gasteiger partial charge on any atom is -0.371 e. The van der Waals surface area contributed by atoms with Crippen LogP contribution in [0.15, 0.2) is 18.2 Å². The summed E-state index contributed by atoms with van der Waals surface area (Å²) >= 11 is 6.46. The summed E-state index contributed by atoms with van der Waals surface area (Å²) in [6.45, 7) is 5.22. The quantitative estimate of drug-likeness (QED) is 0.785. The topological polar surface area (TPSA) is 44.4 Å². The standard InChI is InChI=1S/C24H32ClN3O/c25-22-2-1-20(28-12-18-10-26-11-19(18)13-28)6-21(22)23(29)27-14-24-7-15-3-16(8-24)5-17(4-15)9-24/h1-2,6,15-19,26H,3-5,7-14H2,(H,27,29)/t15?,16?,17?,18-,19?,24?/m0/s1. The van der Waals surface area contributed by atoms with Crippen LogP contribution in [0.25, 0.3) is 0 Å². The summed E-state index contributed by atoms with van der Waals surface area (Å²) in [7, 11) is 0. The lowest BCUT2D eigenvalue weighted by molar-refractivity contribution is -0.0503. The minimum absolute atomic E-state index is 0.00801. The summed E-state index contributed by atoms with van der Waals surface area (Å²) in [5.74, 6) is 4.21. The SMILES string of the molecule is O=C(NCC12CC3CC(CC(C3)C1)C2)c1cc(N2CC3CNC[C@H]3C2)ccc1Cl. The first-order valence-corrected chi connectivity index (χ1v) is 12.0. The second-order valence-corrected chi connectivity index (χ2v) is 11.3. The normalized spacial score (nSPS) is 39.8. The number of carbonyl (C=O) groups is 1. The van der Waals surface area contributed by atoms with Crippen LogP contribution in [0.5, 0.6) is 0 Å². The lowest BCUT2D eigenvalue weighted by atomic mass is 9.49. The van der Waals surface area contributed by atoms with Gasteiger partial charge in [-0.15, -0.1) is 0 Å². The minimum atomic E-state index is 0.00801. The molecular weight excluding hydrogens is 382 g/mol. The fourth-order valence-electron chi connectivity index (χ4n) is 7.82. The number of nitrogens with one attached hydrogen (secondary N) is 2. The first kappa shape index (κ1) is 18.5. The molecule has 7 rings (SSSR count). The van der Waals surface area contributed by atoms with Crippen LogP contribution >= 0.6 is 11.6 Å². The number of hydrogen-bond donors (Lipinski definition) is 2. The molecule has 156 valence electrons. The predicted octanol–water partition coefficient (Wildman–Crippen LogP) is 3.94. The van der Waals surface area contributed by atoms with Crippen LogP contribution in [0.2, 0.25) is 5.02 Å². The average molecular weight is 414 g/mol. The number of benzene rings is 1. The van der Waals surface area contributed by atoms with Gasteiger partial charge >= 0.3 is 0 Å².